The van der Waals surface area contributed by atoms with E-state index in [0.29, 0.717) is 5.75 Å². The Morgan fingerprint density at radius 1 is 1.44 bits per heavy atom. The molecule has 18 heavy (non-hydrogen) atoms. The number of ether oxygens (including phenoxy) is 1. The van der Waals surface area contributed by atoms with Crippen LogP contribution in [-0.2, 0) is 0 Å². The molecule has 0 saturated carbocycles. The minimum atomic E-state index is -0.326. The highest BCUT2D eigenvalue weighted by molar-refractivity contribution is 5.36. The molecule has 0 unspecified atom stereocenters. The third kappa shape index (κ3) is 2.80. The number of nitrogens with one attached hydrogen (secondary N) is 1. The largest absolute Gasteiger partial charge is 0.496 e. The first-order valence-electron chi connectivity index (χ1n) is 6.15. The van der Waals surface area contributed by atoms with Crippen LogP contribution in [0.4, 0.5) is 4.39 Å². The minimum absolute atomic E-state index is 0.00198. The van der Waals surface area contributed by atoms with Crippen LogP contribution >= 0.6 is 0 Å². The van der Waals surface area contributed by atoms with Crippen LogP contribution in [0.2, 0.25) is 0 Å². The second-order valence-corrected chi connectivity index (χ2v) is 4.37. The number of hydrogen-bond donors (Lipinski definition) is 2. The van der Waals surface area contributed by atoms with E-state index in [4.69, 9.17) is 4.74 Å². The van der Waals surface area contributed by atoms with Crippen LogP contribution in [0.1, 0.15) is 11.6 Å². The van der Waals surface area contributed by atoms with Crippen LogP contribution < -0.4 is 10.1 Å². The third-order valence-electron chi connectivity index (χ3n) is 3.32. The second-order valence-electron chi connectivity index (χ2n) is 4.37. The number of piperazine rings is 1. The van der Waals surface area contributed by atoms with Gasteiger partial charge in [0.05, 0.1) is 19.8 Å². The topological polar surface area (TPSA) is 44.7 Å². The van der Waals surface area contributed by atoms with Crippen LogP contribution in [0, 0.1) is 5.82 Å². The summed E-state index contributed by atoms with van der Waals surface area (Å²) in [6.45, 7) is 3.54. The molecule has 1 heterocycles. The predicted octanol–water partition coefficient (Wildman–Crippen LogP) is 0.773. The maximum atomic E-state index is 13.2. The molecule has 0 bridgehead atoms. The number of aliphatic hydroxyl groups is 1. The molecule has 1 fully saturated rings. The predicted molar refractivity (Wildman–Crippen MR) is 67.2 cm³/mol. The molecule has 1 aliphatic heterocycles. The van der Waals surface area contributed by atoms with Crippen LogP contribution in [-0.4, -0.2) is 49.9 Å². The third-order valence-corrected chi connectivity index (χ3v) is 3.32. The first-order valence-corrected chi connectivity index (χ1v) is 6.15. The molecule has 0 amide bonds. The van der Waals surface area contributed by atoms with Gasteiger partial charge in [-0.05, 0) is 6.07 Å². The van der Waals surface area contributed by atoms with Crippen molar-refractivity contribution in [2.75, 3.05) is 39.9 Å². The normalized spacial score (nSPS) is 18.6. The lowest BCUT2D eigenvalue weighted by Gasteiger charge is -2.34. The fourth-order valence-corrected chi connectivity index (χ4v) is 2.36. The zero-order chi connectivity index (χ0) is 13.0. The van der Waals surface area contributed by atoms with E-state index in [1.165, 1.54) is 19.2 Å². The summed E-state index contributed by atoms with van der Waals surface area (Å²) in [5, 5.41) is 12.9. The van der Waals surface area contributed by atoms with Crippen molar-refractivity contribution in [3.05, 3.63) is 29.6 Å². The molecule has 5 heteroatoms. The quantitative estimate of drug-likeness (QED) is 0.833. The van der Waals surface area contributed by atoms with Gasteiger partial charge in [-0.2, -0.15) is 0 Å². The summed E-state index contributed by atoms with van der Waals surface area (Å²) >= 11 is 0. The maximum absolute atomic E-state index is 13.2. The molecule has 1 saturated heterocycles. The smallest absolute Gasteiger partial charge is 0.126 e. The Balaban J connectivity index is 2.25. The molecule has 0 aliphatic carbocycles. The van der Waals surface area contributed by atoms with Gasteiger partial charge in [0, 0.05) is 37.8 Å². The number of nitrogens with zero attached hydrogens (tertiary/aromatic N) is 1. The second kappa shape index (κ2) is 6.13. The van der Waals surface area contributed by atoms with Crippen molar-refractivity contribution in [2.24, 2.45) is 0 Å². The molecule has 1 aromatic carbocycles. The van der Waals surface area contributed by atoms with E-state index in [2.05, 4.69) is 10.2 Å². The van der Waals surface area contributed by atoms with Gasteiger partial charge < -0.3 is 15.2 Å². The fourth-order valence-electron chi connectivity index (χ4n) is 2.36. The number of aliphatic hydroxyl groups excluding tert-OH is 1. The molecule has 1 aromatic rings. The molecule has 100 valence electrons. The summed E-state index contributed by atoms with van der Waals surface area (Å²) in [5.41, 5.74) is 0.836. The summed E-state index contributed by atoms with van der Waals surface area (Å²) in [6, 6.07) is 4.32. The van der Waals surface area contributed by atoms with Gasteiger partial charge in [0.2, 0.25) is 0 Å². The summed E-state index contributed by atoms with van der Waals surface area (Å²) in [5.74, 6) is 0.167. The average Bonchev–Trinajstić information content (AvgIpc) is 2.42. The first-order chi connectivity index (χ1) is 8.76. The van der Waals surface area contributed by atoms with Gasteiger partial charge in [0.15, 0.2) is 0 Å². The van der Waals surface area contributed by atoms with Crippen molar-refractivity contribution in [3.63, 3.8) is 0 Å². The zero-order valence-electron chi connectivity index (χ0n) is 10.5. The molecule has 0 radical (unpaired) electrons. The monoisotopic (exact) mass is 254 g/mol. The molecule has 1 aliphatic rings. The van der Waals surface area contributed by atoms with Crippen LogP contribution in [0.5, 0.6) is 5.75 Å². The van der Waals surface area contributed by atoms with Crippen molar-refractivity contribution < 1.29 is 14.2 Å². The van der Waals surface area contributed by atoms with E-state index >= 15 is 0 Å². The average molecular weight is 254 g/mol. The Bertz CT molecular complexity index is 395. The van der Waals surface area contributed by atoms with Gasteiger partial charge in [-0.25, -0.2) is 4.39 Å². The SMILES string of the molecule is COc1cc(F)ccc1[C@H](CO)N1CCNCC1. The van der Waals surface area contributed by atoms with E-state index < -0.39 is 0 Å². The molecule has 4 nitrogen and oxygen atoms in total. The van der Waals surface area contributed by atoms with E-state index in [1.54, 1.807) is 6.07 Å². The van der Waals surface area contributed by atoms with Gasteiger partial charge in [0.1, 0.15) is 11.6 Å². The summed E-state index contributed by atoms with van der Waals surface area (Å²) < 4.78 is 18.4. The van der Waals surface area contributed by atoms with E-state index in [0.717, 1.165) is 31.7 Å². The van der Waals surface area contributed by atoms with E-state index in [-0.39, 0.29) is 18.5 Å². The van der Waals surface area contributed by atoms with Crippen LogP contribution in [0.25, 0.3) is 0 Å². The van der Waals surface area contributed by atoms with Gasteiger partial charge >= 0.3 is 0 Å². The first kappa shape index (κ1) is 13.3. The fraction of sp³-hybridized carbons (Fsp3) is 0.538. The Kier molecular flexibility index (Phi) is 4.52. The standard InChI is InChI=1S/C13H19FN2O2/c1-18-13-8-10(14)2-3-11(13)12(9-17)16-6-4-15-5-7-16/h2-3,8,12,15,17H,4-7,9H2,1H3/t12-/m0/s1. The molecule has 2 rings (SSSR count). The highest BCUT2D eigenvalue weighted by Gasteiger charge is 2.24. The van der Waals surface area contributed by atoms with Crippen LogP contribution in [0.3, 0.4) is 0 Å². The molecule has 2 N–H and O–H groups in total. The molecule has 0 aromatic heterocycles. The Morgan fingerprint density at radius 2 is 2.17 bits per heavy atom. The van der Waals surface area contributed by atoms with E-state index in [1.807, 2.05) is 0 Å². The van der Waals surface area contributed by atoms with Gasteiger partial charge in [-0.1, -0.05) is 6.07 Å². The number of benzene rings is 1. The van der Waals surface area contributed by atoms with Gasteiger partial charge in [-0.15, -0.1) is 0 Å². The summed E-state index contributed by atoms with van der Waals surface area (Å²) in [6.07, 6.45) is 0. The number of hydrogen-bond acceptors (Lipinski definition) is 4. The minimum Gasteiger partial charge on any atom is -0.496 e. The lowest BCUT2D eigenvalue weighted by molar-refractivity contribution is 0.109. The van der Waals surface area contributed by atoms with Gasteiger partial charge in [-0.3, -0.25) is 4.90 Å². The van der Waals surface area contributed by atoms with Crippen molar-refractivity contribution in [1.82, 2.24) is 10.2 Å². The number of methoxy groups -OCH3 is 1. The highest BCUT2D eigenvalue weighted by atomic mass is 19.1. The van der Waals surface area contributed by atoms with Crippen molar-refractivity contribution >= 4 is 0 Å². The Morgan fingerprint density at radius 3 is 2.78 bits per heavy atom. The molecule has 0 spiro atoms. The van der Waals surface area contributed by atoms with Gasteiger partial charge in [0.25, 0.3) is 0 Å². The molecule has 1 atom stereocenters. The highest BCUT2D eigenvalue weighted by Crippen LogP contribution is 2.30. The van der Waals surface area contributed by atoms with Crippen LogP contribution in [0.15, 0.2) is 18.2 Å². The molecular weight excluding hydrogens is 235 g/mol. The Hall–Kier alpha value is -1.17. The zero-order valence-corrected chi connectivity index (χ0v) is 10.5. The maximum Gasteiger partial charge on any atom is 0.126 e. The number of rotatable bonds is 4. The Labute approximate surface area is 106 Å². The molecular formula is C13H19FN2O2. The van der Waals surface area contributed by atoms with Crippen molar-refractivity contribution in [2.45, 2.75) is 6.04 Å². The summed E-state index contributed by atoms with van der Waals surface area (Å²) in [7, 11) is 1.52. The lowest BCUT2D eigenvalue weighted by Crippen LogP contribution is -2.46. The number of halogens is 1. The lowest BCUT2D eigenvalue weighted by atomic mass is 10.0. The van der Waals surface area contributed by atoms with Crippen molar-refractivity contribution in [1.29, 1.82) is 0 Å². The van der Waals surface area contributed by atoms with Crippen molar-refractivity contribution in [3.8, 4) is 5.75 Å². The van der Waals surface area contributed by atoms with E-state index in [9.17, 15) is 9.50 Å². The summed E-state index contributed by atoms with van der Waals surface area (Å²) in [4.78, 5) is 2.19.